The predicted molar refractivity (Wildman–Crippen MR) is 48.8 cm³/mol. The van der Waals surface area contributed by atoms with Crippen LogP contribution in [0, 0.1) is 0 Å². The van der Waals surface area contributed by atoms with Crippen LogP contribution in [0.2, 0.25) is 0 Å². The Bertz CT molecular complexity index is 267. The molecule has 4 nitrogen and oxygen atoms in total. The van der Waals surface area contributed by atoms with Crippen molar-refractivity contribution in [1.82, 2.24) is 4.90 Å². The lowest BCUT2D eigenvalue weighted by Crippen LogP contribution is -2.39. The second kappa shape index (κ2) is 4.09. The maximum atomic E-state index is 11.3. The largest absolute Gasteiger partial charge is 0.472 e. The summed E-state index contributed by atoms with van der Waals surface area (Å²) >= 11 is 0. The predicted octanol–water partition coefficient (Wildman–Crippen LogP) is 0.585. The number of amides is 1. The molecule has 1 amide bonds. The summed E-state index contributed by atoms with van der Waals surface area (Å²) in [7, 11) is 1.72. The third-order valence-corrected chi connectivity index (χ3v) is 1.77. The lowest BCUT2D eigenvalue weighted by Gasteiger charge is -2.18. The van der Waals surface area contributed by atoms with E-state index in [2.05, 4.69) is 0 Å². The zero-order valence-electron chi connectivity index (χ0n) is 7.86. The minimum Gasteiger partial charge on any atom is -0.472 e. The van der Waals surface area contributed by atoms with Gasteiger partial charge < -0.3 is 15.1 Å². The molecule has 0 bridgehead atoms. The fourth-order valence-electron chi connectivity index (χ4n) is 1.08. The van der Waals surface area contributed by atoms with E-state index in [0.717, 1.165) is 5.56 Å². The van der Waals surface area contributed by atoms with Crippen molar-refractivity contribution in [2.75, 3.05) is 7.05 Å². The van der Waals surface area contributed by atoms with Crippen LogP contribution in [0.1, 0.15) is 12.5 Å². The van der Waals surface area contributed by atoms with Crippen molar-refractivity contribution in [3.05, 3.63) is 24.2 Å². The smallest absolute Gasteiger partial charge is 0.239 e. The summed E-state index contributed by atoms with van der Waals surface area (Å²) in [6.07, 6.45) is 3.20. The highest BCUT2D eigenvalue weighted by atomic mass is 16.3. The van der Waals surface area contributed by atoms with Crippen LogP contribution < -0.4 is 5.73 Å². The molecule has 1 heterocycles. The summed E-state index contributed by atoms with van der Waals surface area (Å²) in [5.41, 5.74) is 6.42. The summed E-state index contributed by atoms with van der Waals surface area (Å²) in [6.45, 7) is 2.21. The molecule has 0 saturated heterocycles. The maximum Gasteiger partial charge on any atom is 0.239 e. The number of nitrogens with two attached hydrogens (primary N) is 1. The minimum atomic E-state index is -0.447. The summed E-state index contributed by atoms with van der Waals surface area (Å²) in [5, 5.41) is 0. The molecule has 72 valence electrons. The molecule has 1 aromatic heterocycles. The van der Waals surface area contributed by atoms with Gasteiger partial charge in [-0.15, -0.1) is 0 Å². The number of furan rings is 1. The Morgan fingerprint density at radius 2 is 2.46 bits per heavy atom. The van der Waals surface area contributed by atoms with Gasteiger partial charge in [0.05, 0.1) is 18.6 Å². The van der Waals surface area contributed by atoms with Crippen LogP contribution in [0.15, 0.2) is 23.0 Å². The third-order valence-electron chi connectivity index (χ3n) is 1.77. The van der Waals surface area contributed by atoms with Gasteiger partial charge in [0.15, 0.2) is 0 Å². The van der Waals surface area contributed by atoms with Crippen molar-refractivity contribution in [3.8, 4) is 0 Å². The van der Waals surface area contributed by atoms with Crippen molar-refractivity contribution in [1.29, 1.82) is 0 Å². The van der Waals surface area contributed by atoms with Crippen LogP contribution in [0.25, 0.3) is 0 Å². The molecule has 1 atom stereocenters. The van der Waals surface area contributed by atoms with Crippen molar-refractivity contribution >= 4 is 5.91 Å². The second-order valence-corrected chi connectivity index (χ2v) is 3.11. The Morgan fingerprint density at radius 3 is 2.92 bits per heavy atom. The van der Waals surface area contributed by atoms with E-state index in [1.54, 1.807) is 31.4 Å². The van der Waals surface area contributed by atoms with Gasteiger partial charge in [-0.25, -0.2) is 0 Å². The van der Waals surface area contributed by atoms with Crippen molar-refractivity contribution in [2.45, 2.75) is 19.5 Å². The molecule has 0 aliphatic carbocycles. The Hall–Kier alpha value is -1.29. The van der Waals surface area contributed by atoms with Crippen LogP contribution in [0.4, 0.5) is 0 Å². The molecular formula is C9H14N2O2. The highest BCUT2D eigenvalue weighted by Crippen LogP contribution is 2.04. The Labute approximate surface area is 77.3 Å². The van der Waals surface area contributed by atoms with E-state index < -0.39 is 6.04 Å². The van der Waals surface area contributed by atoms with Crippen LogP contribution in [0.5, 0.6) is 0 Å². The summed E-state index contributed by atoms with van der Waals surface area (Å²) in [4.78, 5) is 12.9. The minimum absolute atomic E-state index is 0.0683. The van der Waals surface area contributed by atoms with Crippen LogP contribution in [-0.4, -0.2) is 23.9 Å². The molecule has 0 aromatic carbocycles. The first kappa shape index (κ1) is 9.80. The van der Waals surface area contributed by atoms with E-state index in [-0.39, 0.29) is 5.91 Å². The molecule has 0 spiro atoms. The molecule has 0 unspecified atom stereocenters. The summed E-state index contributed by atoms with van der Waals surface area (Å²) in [5.74, 6) is -0.0683. The van der Waals surface area contributed by atoms with Gasteiger partial charge in [-0.2, -0.15) is 0 Å². The lowest BCUT2D eigenvalue weighted by molar-refractivity contribution is -0.131. The van der Waals surface area contributed by atoms with Gasteiger partial charge in [-0.05, 0) is 13.0 Å². The molecule has 0 fully saturated rings. The molecule has 0 aliphatic heterocycles. The fourth-order valence-corrected chi connectivity index (χ4v) is 1.08. The standard InChI is InChI=1S/C9H14N2O2/c1-7(10)9(12)11(2)5-8-3-4-13-6-8/h3-4,6-7H,5,10H2,1-2H3/t7-/m0/s1. The molecule has 4 heteroatoms. The van der Waals surface area contributed by atoms with Gasteiger partial charge in [0, 0.05) is 19.2 Å². The van der Waals surface area contributed by atoms with Gasteiger partial charge in [0.2, 0.25) is 5.91 Å². The third kappa shape index (κ3) is 2.59. The van der Waals surface area contributed by atoms with E-state index >= 15 is 0 Å². The zero-order chi connectivity index (χ0) is 9.84. The quantitative estimate of drug-likeness (QED) is 0.744. The first-order valence-corrected chi connectivity index (χ1v) is 4.13. The topological polar surface area (TPSA) is 59.5 Å². The zero-order valence-corrected chi connectivity index (χ0v) is 7.86. The van der Waals surface area contributed by atoms with Crippen LogP contribution in [0.3, 0.4) is 0 Å². The molecule has 0 radical (unpaired) electrons. The van der Waals surface area contributed by atoms with E-state index in [9.17, 15) is 4.79 Å². The number of carbonyl (C=O) groups is 1. The number of carbonyl (C=O) groups excluding carboxylic acids is 1. The Kier molecular flexibility index (Phi) is 3.08. The average molecular weight is 182 g/mol. The molecule has 2 N–H and O–H groups in total. The fraction of sp³-hybridized carbons (Fsp3) is 0.444. The van der Waals surface area contributed by atoms with Crippen molar-refractivity contribution in [2.24, 2.45) is 5.73 Å². The molecule has 1 aromatic rings. The number of hydrogen-bond donors (Lipinski definition) is 1. The normalized spacial score (nSPS) is 12.5. The maximum absolute atomic E-state index is 11.3. The molecule has 0 aliphatic rings. The first-order chi connectivity index (χ1) is 6.11. The summed E-state index contributed by atoms with van der Waals surface area (Å²) in [6, 6.07) is 1.38. The van der Waals surface area contributed by atoms with E-state index in [1.165, 1.54) is 0 Å². The van der Waals surface area contributed by atoms with Crippen molar-refractivity contribution in [3.63, 3.8) is 0 Å². The number of likely N-dealkylation sites (N-methyl/N-ethyl adjacent to an activating group) is 1. The van der Waals surface area contributed by atoms with Gasteiger partial charge >= 0.3 is 0 Å². The van der Waals surface area contributed by atoms with E-state index in [0.29, 0.717) is 6.54 Å². The van der Waals surface area contributed by atoms with Gasteiger partial charge in [0.1, 0.15) is 0 Å². The van der Waals surface area contributed by atoms with Crippen LogP contribution >= 0.6 is 0 Å². The van der Waals surface area contributed by atoms with Gasteiger partial charge in [-0.1, -0.05) is 0 Å². The second-order valence-electron chi connectivity index (χ2n) is 3.11. The van der Waals surface area contributed by atoms with Gasteiger partial charge in [-0.3, -0.25) is 4.79 Å². The van der Waals surface area contributed by atoms with E-state index in [4.69, 9.17) is 10.2 Å². The number of rotatable bonds is 3. The molecular weight excluding hydrogens is 168 g/mol. The number of nitrogens with zero attached hydrogens (tertiary/aromatic N) is 1. The Morgan fingerprint density at radius 1 is 1.77 bits per heavy atom. The lowest BCUT2D eigenvalue weighted by atomic mass is 10.2. The number of hydrogen-bond acceptors (Lipinski definition) is 3. The molecule has 0 saturated carbocycles. The average Bonchev–Trinajstić information content (AvgIpc) is 2.55. The van der Waals surface area contributed by atoms with E-state index in [1.807, 2.05) is 6.07 Å². The SMILES string of the molecule is C[C@H](N)C(=O)N(C)Cc1ccoc1. The highest BCUT2D eigenvalue weighted by Gasteiger charge is 2.13. The van der Waals surface area contributed by atoms with Crippen molar-refractivity contribution < 1.29 is 9.21 Å². The monoisotopic (exact) mass is 182 g/mol. The Balaban J connectivity index is 2.51. The first-order valence-electron chi connectivity index (χ1n) is 4.13. The summed E-state index contributed by atoms with van der Waals surface area (Å²) < 4.78 is 4.89. The molecule has 13 heavy (non-hydrogen) atoms. The molecule has 1 rings (SSSR count). The van der Waals surface area contributed by atoms with Gasteiger partial charge in [0.25, 0.3) is 0 Å². The highest BCUT2D eigenvalue weighted by molar-refractivity contribution is 5.80. The van der Waals surface area contributed by atoms with Crippen LogP contribution in [-0.2, 0) is 11.3 Å².